The Hall–Kier alpha value is -5.52. The molecule has 1 atom stereocenters. The van der Waals surface area contributed by atoms with E-state index in [1.165, 1.54) is 12.1 Å². The monoisotopic (exact) mass is 1320 g/mol. The first-order valence-corrected chi connectivity index (χ1v) is 30.7. The van der Waals surface area contributed by atoms with Crippen molar-refractivity contribution in [2.24, 2.45) is 0 Å². The Balaban J connectivity index is 1.19. The number of carbonyl (C=O) groups excluding carboxylic acids is 6. The molecule has 30 heteroatoms. The van der Waals surface area contributed by atoms with Gasteiger partial charge in [0.15, 0.2) is 34.8 Å². The smallest absolute Gasteiger partial charge is 0.253 e. The van der Waals surface area contributed by atoms with Gasteiger partial charge in [0.1, 0.15) is 12.4 Å². The summed E-state index contributed by atoms with van der Waals surface area (Å²) in [7, 11) is 1.63. The molecule has 0 aromatic heterocycles. The van der Waals surface area contributed by atoms with Crippen LogP contribution in [0.5, 0.6) is 5.75 Å². The minimum absolute atomic E-state index is 0.00199. The summed E-state index contributed by atoms with van der Waals surface area (Å²) in [4.78, 5) is 75.2. The number of hydrogen-bond acceptors (Lipinski definition) is 23. The first kappa shape index (κ1) is 80.7. The van der Waals surface area contributed by atoms with Gasteiger partial charge in [0.2, 0.25) is 11.8 Å². The number of rotatable bonds is 64. The molecule has 0 unspecified atom stereocenters. The zero-order valence-corrected chi connectivity index (χ0v) is 52.8. The summed E-state index contributed by atoms with van der Waals surface area (Å²) < 4.78 is 148. The quantitative estimate of drug-likeness (QED) is 0.0416. The Bertz CT molecular complexity index is 2300. The fourth-order valence-corrected chi connectivity index (χ4v) is 7.77. The minimum Gasteiger partial charge on any atom is -0.486 e. The fraction of sp³-hybridized carbons (Fsp3) is 0.677. The van der Waals surface area contributed by atoms with Crippen molar-refractivity contribution in [3.63, 3.8) is 0 Å². The number of ketones is 2. The van der Waals surface area contributed by atoms with Crippen LogP contribution in [0.25, 0.3) is 0 Å². The lowest BCUT2D eigenvalue weighted by Gasteiger charge is -2.18. The number of carbonyl (C=O) groups is 6. The van der Waals surface area contributed by atoms with Gasteiger partial charge in [0.25, 0.3) is 11.8 Å². The molecule has 0 aliphatic carbocycles. The number of nitrogens with one attached hydrogen (secondary N) is 2. The molecule has 0 spiro atoms. The van der Waals surface area contributed by atoms with E-state index in [1.54, 1.807) is 19.2 Å². The van der Waals surface area contributed by atoms with Crippen LogP contribution in [0.4, 0.5) is 17.6 Å². The van der Waals surface area contributed by atoms with Crippen molar-refractivity contribution in [3.8, 4) is 5.75 Å². The average molecular weight is 1320 g/mol. The largest absolute Gasteiger partial charge is 0.486 e. The summed E-state index contributed by atoms with van der Waals surface area (Å²) in [5.74, 6) is -9.14. The Morgan fingerprint density at radius 1 is 0.457 bits per heavy atom. The molecule has 2 aromatic carbocycles. The molecule has 2 aromatic rings. The molecule has 3 rings (SSSR count). The molecule has 26 nitrogen and oxygen atoms in total. The second kappa shape index (κ2) is 54.8. The Morgan fingerprint density at radius 2 is 0.837 bits per heavy atom. The fourth-order valence-electron chi connectivity index (χ4n) is 7.77. The standard InChI is InChI=1S/C62H93F4N3O23/c1-76-17-18-80-25-26-84-31-32-86-35-36-88-39-40-90-43-44-91-42-41-89-38-37-87-34-33-85-30-27-81-22-19-77-14-2-3-56(71)55(45-49-4-6-51(7-5-49)92-48-50(70)46-52-61(65)53(63)47-54(64)62(52)66)68-58(73)11-15-78-20-23-82-28-29-83-24-21-79-16-12-67-57(72)10-13-69-59(74)8-9-60(69)75/h4-9,47,55H,2-3,10-46,48H2,1H3,(H,67,72)(H,68,73)/t55-/m0/s1. The average Bonchev–Trinajstić information content (AvgIpc) is 1.38. The molecule has 2 N–H and O–H groups in total. The van der Waals surface area contributed by atoms with E-state index in [0.29, 0.717) is 157 Å². The molecular weight excluding hydrogens is 1230 g/mol. The number of benzene rings is 2. The van der Waals surface area contributed by atoms with E-state index in [9.17, 15) is 46.3 Å². The highest BCUT2D eigenvalue weighted by Gasteiger charge is 2.25. The predicted octanol–water partition coefficient (Wildman–Crippen LogP) is 2.53. The molecule has 1 aliphatic rings. The molecule has 0 saturated carbocycles. The van der Waals surface area contributed by atoms with Gasteiger partial charge in [0, 0.05) is 76.3 Å². The van der Waals surface area contributed by atoms with E-state index in [1.807, 2.05) is 0 Å². The van der Waals surface area contributed by atoms with Crippen LogP contribution in [-0.4, -0.2) is 278 Å². The lowest BCUT2D eigenvalue weighted by atomic mass is 9.99. The molecule has 0 bridgehead atoms. The lowest BCUT2D eigenvalue weighted by molar-refractivity contribution is -0.137. The second-order valence-corrected chi connectivity index (χ2v) is 19.7. The van der Waals surface area contributed by atoms with Crippen LogP contribution in [0.15, 0.2) is 42.5 Å². The van der Waals surface area contributed by atoms with E-state index in [4.69, 9.17) is 80.5 Å². The summed E-state index contributed by atoms with van der Waals surface area (Å²) in [6, 6.07) is 5.32. The normalized spacial score (nSPS) is 12.6. The third-order valence-electron chi connectivity index (χ3n) is 12.5. The van der Waals surface area contributed by atoms with Gasteiger partial charge in [-0.25, -0.2) is 17.6 Å². The first-order chi connectivity index (χ1) is 44.9. The van der Waals surface area contributed by atoms with Crippen LogP contribution < -0.4 is 15.4 Å². The third kappa shape index (κ3) is 41.2. The van der Waals surface area contributed by atoms with E-state index in [-0.39, 0.29) is 122 Å². The van der Waals surface area contributed by atoms with Crippen LogP contribution in [-0.2, 0) is 117 Å². The number of Topliss-reactive ketones (excluding diaryl/α,β-unsaturated/α-hetero) is 2. The molecule has 522 valence electrons. The minimum atomic E-state index is -1.67. The second-order valence-electron chi connectivity index (χ2n) is 19.7. The van der Waals surface area contributed by atoms with Crippen molar-refractivity contribution in [2.45, 2.75) is 44.6 Å². The molecule has 0 radical (unpaired) electrons. The van der Waals surface area contributed by atoms with E-state index < -0.39 is 71.4 Å². The van der Waals surface area contributed by atoms with Gasteiger partial charge >= 0.3 is 0 Å². The first-order valence-electron chi connectivity index (χ1n) is 30.7. The Kier molecular flexibility index (Phi) is 48.1. The van der Waals surface area contributed by atoms with E-state index >= 15 is 0 Å². The molecule has 1 heterocycles. The van der Waals surface area contributed by atoms with E-state index in [2.05, 4.69) is 10.6 Å². The third-order valence-corrected chi connectivity index (χ3v) is 12.5. The zero-order chi connectivity index (χ0) is 66.3. The lowest BCUT2D eigenvalue weighted by Crippen LogP contribution is -2.42. The Morgan fingerprint density at radius 3 is 1.25 bits per heavy atom. The highest BCUT2D eigenvalue weighted by atomic mass is 19.2. The summed E-state index contributed by atoms with van der Waals surface area (Å²) in [6.45, 7) is 11.4. The summed E-state index contributed by atoms with van der Waals surface area (Å²) in [5.41, 5.74) is -0.425. The van der Waals surface area contributed by atoms with Crippen molar-refractivity contribution in [1.82, 2.24) is 15.5 Å². The van der Waals surface area contributed by atoms with Gasteiger partial charge in [-0.05, 0) is 30.5 Å². The van der Waals surface area contributed by atoms with Crippen molar-refractivity contribution in [1.29, 1.82) is 0 Å². The maximum Gasteiger partial charge on any atom is 0.253 e. The number of ether oxygens (including phenoxy) is 17. The van der Waals surface area contributed by atoms with Crippen LogP contribution >= 0.6 is 0 Å². The molecule has 0 fully saturated rings. The Labute approximate surface area is 534 Å². The molecule has 1 aliphatic heterocycles. The van der Waals surface area contributed by atoms with Crippen LogP contribution in [0.3, 0.4) is 0 Å². The molecule has 4 amide bonds. The summed E-state index contributed by atoms with van der Waals surface area (Å²) >= 11 is 0. The van der Waals surface area contributed by atoms with Gasteiger partial charge in [-0.1, -0.05) is 12.1 Å². The number of hydrogen-bond donors (Lipinski definition) is 2. The predicted molar refractivity (Wildman–Crippen MR) is 319 cm³/mol. The van der Waals surface area contributed by atoms with Crippen molar-refractivity contribution in [3.05, 3.63) is 76.9 Å². The molecule has 92 heavy (non-hydrogen) atoms. The van der Waals surface area contributed by atoms with Gasteiger partial charge in [-0.2, -0.15) is 0 Å². The zero-order valence-electron chi connectivity index (χ0n) is 52.8. The highest BCUT2D eigenvalue weighted by molar-refractivity contribution is 6.13. The van der Waals surface area contributed by atoms with Gasteiger partial charge in [-0.3, -0.25) is 33.7 Å². The van der Waals surface area contributed by atoms with Crippen LogP contribution in [0, 0.1) is 23.3 Å². The number of imide groups is 1. The van der Waals surface area contributed by atoms with Gasteiger partial charge < -0.3 is 91.2 Å². The SMILES string of the molecule is COCCOCCOCCOCCOCCOCCOCCOCCOCCOCCOCCOCCCC(=O)[C@H](Cc1ccc(OCC(=O)Cc2c(F)c(F)cc(F)c2F)cc1)NC(=O)CCOCCOCCOCCOCCNC(=O)CCN1C(=O)C=CC1=O. The molecule has 0 saturated heterocycles. The number of amides is 4. The van der Waals surface area contributed by atoms with Gasteiger partial charge in [0.05, 0.1) is 204 Å². The van der Waals surface area contributed by atoms with Crippen molar-refractivity contribution >= 4 is 35.2 Å². The van der Waals surface area contributed by atoms with Crippen molar-refractivity contribution in [2.75, 3.05) is 232 Å². The summed E-state index contributed by atoms with van der Waals surface area (Å²) in [6.07, 6.45) is 1.85. The molecular formula is C62H93F4N3O23. The van der Waals surface area contributed by atoms with Crippen LogP contribution in [0.1, 0.15) is 36.8 Å². The number of methoxy groups -OCH3 is 1. The maximum atomic E-state index is 14.1. The highest BCUT2D eigenvalue weighted by Crippen LogP contribution is 2.21. The topological polar surface area (TPSA) is 287 Å². The van der Waals surface area contributed by atoms with Gasteiger partial charge in [-0.15, -0.1) is 0 Å². The maximum absolute atomic E-state index is 14.1. The number of nitrogens with zero attached hydrogens (tertiary/aromatic N) is 1. The summed E-state index contributed by atoms with van der Waals surface area (Å²) in [5, 5.41) is 5.45. The van der Waals surface area contributed by atoms with Crippen molar-refractivity contribution < 1.29 is 127 Å². The number of halogens is 4. The van der Waals surface area contributed by atoms with Crippen LogP contribution in [0.2, 0.25) is 0 Å². The van der Waals surface area contributed by atoms with E-state index in [0.717, 1.165) is 17.1 Å².